The van der Waals surface area contributed by atoms with Crippen LogP contribution in [-0.4, -0.2) is 41.8 Å². The second-order valence-electron chi connectivity index (χ2n) is 9.81. The highest BCUT2D eigenvalue weighted by molar-refractivity contribution is 5.79. The van der Waals surface area contributed by atoms with Crippen LogP contribution < -0.4 is 4.74 Å². The van der Waals surface area contributed by atoms with Gasteiger partial charge >= 0.3 is 12.1 Å². The topological polar surface area (TPSA) is 76.1 Å². The van der Waals surface area contributed by atoms with Crippen molar-refractivity contribution >= 4 is 12.1 Å². The van der Waals surface area contributed by atoms with E-state index in [1.165, 1.54) is 37.0 Å². The van der Waals surface area contributed by atoms with Crippen LogP contribution in [0.25, 0.3) is 11.1 Å². The number of ether oxygens (including phenoxy) is 2. The lowest BCUT2D eigenvalue weighted by atomic mass is 9.98. The largest absolute Gasteiger partial charge is 0.494 e. The Balaban J connectivity index is 1.32. The Morgan fingerprint density at radius 3 is 2.05 bits per heavy atom. The molecule has 4 rings (SSSR count). The van der Waals surface area contributed by atoms with Crippen LogP contribution in [0.15, 0.2) is 72.8 Å². The molecule has 0 bridgehead atoms. The first-order valence-electron chi connectivity index (χ1n) is 13.6. The number of carboxylic acids is 1. The van der Waals surface area contributed by atoms with Crippen LogP contribution in [-0.2, 0) is 16.1 Å². The van der Waals surface area contributed by atoms with Crippen LogP contribution in [0.5, 0.6) is 5.75 Å². The lowest BCUT2D eigenvalue weighted by Gasteiger charge is -2.22. The Morgan fingerprint density at radius 2 is 1.42 bits per heavy atom. The monoisotopic (exact) mass is 515 g/mol. The number of aliphatic carboxylic acids is 1. The summed E-state index contributed by atoms with van der Waals surface area (Å²) in [6.45, 7) is 2.74. The number of unbranched alkanes of at least 4 members (excludes halogenated alkanes) is 5. The van der Waals surface area contributed by atoms with Crippen molar-refractivity contribution in [1.82, 2.24) is 4.90 Å². The van der Waals surface area contributed by atoms with Gasteiger partial charge in [0.15, 0.2) is 0 Å². The number of nitrogens with zero attached hydrogens (tertiary/aromatic N) is 1. The summed E-state index contributed by atoms with van der Waals surface area (Å²) in [7, 11) is 0. The molecule has 0 fully saturated rings. The molecule has 1 aliphatic rings. The number of hydrogen-bond acceptors (Lipinski definition) is 4. The molecule has 3 aromatic carbocycles. The lowest BCUT2D eigenvalue weighted by molar-refractivity contribution is -0.138. The number of hydrogen-bond donors (Lipinski definition) is 1. The lowest BCUT2D eigenvalue weighted by Crippen LogP contribution is -2.36. The summed E-state index contributed by atoms with van der Waals surface area (Å²) in [6, 6.07) is 23.7. The van der Waals surface area contributed by atoms with Crippen LogP contribution in [0.3, 0.4) is 0 Å². The van der Waals surface area contributed by atoms with Crippen molar-refractivity contribution in [2.24, 2.45) is 0 Å². The van der Waals surface area contributed by atoms with Gasteiger partial charge in [-0.2, -0.15) is 0 Å². The maximum atomic E-state index is 13.0. The average Bonchev–Trinajstić information content (AvgIpc) is 3.25. The first-order valence-corrected chi connectivity index (χ1v) is 13.6. The van der Waals surface area contributed by atoms with Crippen molar-refractivity contribution in [2.45, 2.75) is 57.9 Å². The Morgan fingerprint density at radius 1 is 0.816 bits per heavy atom. The Labute approximate surface area is 225 Å². The smallest absolute Gasteiger partial charge is 0.410 e. The van der Waals surface area contributed by atoms with Gasteiger partial charge in [0.2, 0.25) is 0 Å². The van der Waals surface area contributed by atoms with E-state index in [1.807, 2.05) is 48.5 Å². The number of carbonyl (C=O) groups is 2. The molecule has 0 atom stereocenters. The maximum Gasteiger partial charge on any atom is 0.410 e. The van der Waals surface area contributed by atoms with E-state index in [1.54, 1.807) is 0 Å². The minimum atomic E-state index is -1.09. The third-order valence-corrected chi connectivity index (χ3v) is 6.98. The fourth-order valence-corrected chi connectivity index (χ4v) is 5.02. The Kier molecular flexibility index (Phi) is 9.79. The van der Waals surface area contributed by atoms with E-state index in [9.17, 15) is 14.7 Å². The molecule has 1 amide bonds. The highest BCUT2D eigenvalue weighted by Gasteiger charge is 2.30. The first kappa shape index (κ1) is 27.2. The predicted octanol–water partition coefficient (Wildman–Crippen LogP) is 7.26. The van der Waals surface area contributed by atoms with E-state index in [0.717, 1.165) is 40.0 Å². The van der Waals surface area contributed by atoms with Crippen molar-refractivity contribution in [2.75, 3.05) is 19.8 Å². The summed E-state index contributed by atoms with van der Waals surface area (Å²) < 4.78 is 11.5. The van der Waals surface area contributed by atoms with Crippen LogP contribution >= 0.6 is 0 Å². The van der Waals surface area contributed by atoms with Crippen LogP contribution in [0.1, 0.15) is 68.1 Å². The van der Waals surface area contributed by atoms with Gasteiger partial charge in [0, 0.05) is 12.5 Å². The summed E-state index contributed by atoms with van der Waals surface area (Å²) in [5.74, 6) is -0.397. The molecule has 1 N–H and O–H groups in total. The van der Waals surface area contributed by atoms with E-state index in [2.05, 4.69) is 31.2 Å². The molecule has 0 radical (unpaired) electrons. The van der Waals surface area contributed by atoms with Crippen LogP contribution in [0.4, 0.5) is 4.79 Å². The number of carboxylic acid groups (broad SMARTS) is 1. The molecule has 0 heterocycles. The number of amides is 1. The zero-order valence-electron chi connectivity index (χ0n) is 22.1. The Bertz CT molecular complexity index is 1160. The summed E-state index contributed by atoms with van der Waals surface area (Å²) in [6.07, 6.45) is 6.61. The summed E-state index contributed by atoms with van der Waals surface area (Å²) >= 11 is 0. The second kappa shape index (κ2) is 13.7. The molecule has 1 aliphatic carbocycles. The number of rotatable bonds is 14. The SMILES string of the molecule is CCCCCCCCOc1ccc(CN(CC(=O)O)C(=O)OCC2c3ccccc3-c3ccccc32)cc1. The van der Waals surface area contributed by atoms with E-state index in [0.29, 0.717) is 6.61 Å². The molecule has 0 unspecified atom stereocenters. The van der Waals surface area contributed by atoms with Crippen molar-refractivity contribution in [3.63, 3.8) is 0 Å². The fourth-order valence-electron chi connectivity index (χ4n) is 5.02. The van der Waals surface area contributed by atoms with Gasteiger partial charge in [0.05, 0.1) is 6.61 Å². The third-order valence-electron chi connectivity index (χ3n) is 6.98. The molecule has 6 nitrogen and oxygen atoms in total. The molecule has 200 valence electrons. The molecule has 0 saturated heterocycles. The van der Waals surface area contributed by atoms with Crippen molar-refractivity contribution < 1.29 is 24.2 Å². The van der Waals surface area contributed by atoms with Gasteiger partial charge in [0.1, 0.15) is 18.9 Å². The van der Waals surface area contributed by atoms with Gasteiger partial charge in [-0.25, -0.2) is 4.79 Å². The van der Waals surface area contributed by atoms with Gasteiger partial charge in [0.25, 0.3) is 0 Å². The van der Waals surface area contributed by atoms with Gasteiger partial charge in [-0.15, -0.1) is 0 Å². The number of benzene rings is 3. The molecule has 3 aromatic rings. The summed E-state index contributed by atoms with van der Waals surface area (Å²) in [5.41, 5.74) is 5.33. The van der Waals surface area contributed by atoms with Gasteiger partial charge in [-0.3, -0.25) is 9.69 Å². The molecular formula is C32H37NO5. The third kappa shape index (κ3) is 7.15. The van der Waals surface area contributed by atoms with E-state index in [-0.39, 0.29) is 19.1 Å². The second-order valence-corrected chi connectivity index (χ2v) is 9.81. The average molecular weight is 516 g/mol. The minimum Gasteiger partial charge on any atom is -0.494 e. The van der Waals surface area contributed by atoms with Crippen LogP contribution in [0, 0.1) is 0 Å². The van der Waals surface area contributed by atoms with Crippen molar-refractivity contribution in [3.8, 4) is 16.9 Å². The van der Waals surface area contributed by atoms with E-state index >= 15 is 0 Å². The number of fused-ring (bicyclic) bond motifs is 3. The van der Waals surface area contributed by atoms with E-state index < -0.39 is 18.6 Å². The molecule has 0 spiro atoms. The highest BCUT2D eigenvalue weighted by Crippen LogP contribution is 2.44. The predicted molar refractivity (Wildman–Crippen MR) is 148 cm³/mol. The molecule has 0 aliphatic heterocycles. The van der Waals surface area contributed by atoms with Crippen molar-refractivity contribution in [1.29, 1.82) is 0 Å². The maximum absolute atomic E-state index is 13.0. The molecular weight excluding hydrogens is 478 g/mol. The normalized spacial score (nSPS) is 12.0. The standard InChI is InChI=1S/C32H37NO5/c1-2-3-4-5-6-11-20-37-25-18-16-24(17-19-25)21-33(22-31(34)35)32(36)38-23-30-28-14-9-7-12-26(28)27-13-8-10-15-29(27)30/h7-10,12-19,30H,2-6,11,20-23H2,1H3,(H,34,35). The quantitative estimate of drug-likeness (QED) is 0.229. The zero-order chi connectivity index (χ0) is 26.7. The fraction of sp³-hybridized carbons (Fsp3) is 0.375. The molecule has 0 saturated carbocycles. The van der Waals surface area contributed by atoms with E-state index in [4.69, 9.17) is 9.47 Å². The molecule has 6 heteroatoms. The summed E-state index contributed by atoms with van der Waals surface area (Å²) in [4.78, 5) is 25.7. The first-order chi connectivity index (χ1) is 18.6. The zero-order valence-corrected chi connectivity index (χ0v) is 22.1. The van der Waals surface area contributed by atoms with Gasteiger partial charge in [-0.05, 0) is 46.4 Å². The van der Waals surface area contributed by atoms with Gasteiger partial charge < -0.3 is 14.6 Å². The Hall–Kier alpha value is -3.80. The molecule has 38 heavy (non-hydrogen) atoms. The number of carbonyl (C=O) groups excluding carboxylic acids is 1. The minimum absolute atomic E-state index is 0.0823. The molecule has 0 aromatic heterocycles. The summed E-state index contributed by atoms with van der Waals surface area (Å²) in [5, 5.41) is 9.41. The highest BCUT2D eigenvalue weighted by atomic mass is 16.6. The van der Waals surface area contributed by atoms with Gasteiger partial charge in [-0.1, -0.05) is 99.7 Å². The van der Waals surface area contributed by atoms with Crippen molar-refractivity contribution in [3.05, 3.63) is 89.5 Å². The van der Waals surface area contributed by atoms with Crippen LogP contribution in [0.2, 0.25) is 0 Å².